The lowest BCUT2D eigenvalue weighted by Crippen LogP contribution is -2.00. The van der Waals surface area contributed by atoms with E-state index in [1.54, 1.807) is 19.1 Å². The van der Waals surface area contributed by atoms with Crippen molar-refractivity contribution >= 4 is 23.1 Å². The van der Waals surface area contributed by atoms with Gasteiger partial charge in [-0.3, -0.25) is 4.79 Å². The molecule has 1 aromatic carbocycles. The van der Waals surface area contributed by atoms with Gasteiger partial charge >= 0.3 is 5.97 Å². The average molecular weight is 260 g/mol. The number of esters is 1. The zero-order valence-corrected chi connectivity index (χ0v) is 10.9. The highest BCUT2D eigenvalue weighted by molar-refractivity contribution is 7.17. The number of thiophene rings is 1. The third-order valence-electron chi connectivity index (χ3n) is 2.54. The normalized spacial score (nSPS) is 10.1. The SMILES string of the molecule is COC(=O)c1ccc(-c2ccc(C(C)=O)s2)cc1. The number of ketones is 1. The Kier molecular flexibility index (Phi) is 3.58. The van der Waals surface area contributed by atoms with E-state index >= 15 is 0 Å². The van der Waals surface area contributed by atoms with Crippen molar-refractivity contribution in [3.05, 3.63) is 46.8 Å². The highest BCUT2D eigenvalue weighted by atomic mass is 32.1. The molecule has 0 aliphatic heterocycles. The molecule has 0 amide bonds. The average Bonchev–Trinajstić information content (AvgIpc) is 2.88. The van der Waals surface area contributed by atoms with Gasteiger partial charge < -0.3 is 4.74 Å². The molecule has 0 aliphatic rings. The van der Waals surface area contributed by atoms with Gasteiger partial charge in [0.1, 0.15) is 0 Å². The molecule has 0 radical (unpaired) electrons. The summed E-state index contributed by atoms with van der Waals surface area (Å²) < 4.78 is 4.64. The van der Waals surface area contributed by atoms with Crippen molar-refractivity contribution in [3.63, 3.8) is 0 Å². The van der Waals surface area contributed by atoms with Crippen LogP contribution in [0.1, 0.15) is 27.0 Å². The first-order chi connectivity index (χ1) is 8.61. The summed E-state index contributed by atoms with van der Waals surface area (Å²) in [5, 5.41) is 0. The van der Waals surface area contributed by atoms with Gasteiger partial charge in [0.15, 0.2) is 5.78 Å². The fourth-order valence-electron chi connectivity index (χ4n) is 1.57. The zero-order chi connectivity index (χ0) is 13.1. The number of hydrogen-bond donors (Lipinski definition) is 0. The van der Waals surface area contributed by atoms with Gasteiger partial charge in [-0.15, -0.1) is 11.3 Å². The van der Waals surface area contributed by atoms with E-state index < -0.39 is 0 Å². The van der Waals surface area contributed by atoms with Gasteiger partial charge in [0.25, 0.3) is 0 Å². The van der Waals surface area contributed by atoms with Gasteiger partial charge in [-0.25, -0.2) is 4.79 Å². The Hall–Kier alpha value is -1.94. The first kappa shape index (κ1) is 12.5. The molecule has 0 unspecified atom stereocenters. The molecule has 4 heteroatoms. The molecule has 92 valence electrons. The third-order valence-corrected chi connectivity index (χ3v) is 3.78. The van der Waals surface area contributed by atoms with E-state index in [2.05, 4.69) is 4.74 Å². The minimum absolute atomic E-state index is 0.0671. The molecule has 0 atom stereocenters. The summed E-state index contributed by atoms with van der Waals surface area (Å²) in [4.78, 5) is 24.3. The topological polar surface area (TPSA) is 43.4 Å². The molecule has 2 rings (SSSR count). The monoisotopic (exact) mass is 260 g/mol. The van der Waals surface area contributed by atoms with Crippen LogP contribution in [0, 0.1) is 0 Å². The highest BCUT2D eigenvalue weighted by Gasteiger charge is 2.08. The van der Waals surface area contributed by atoms with E-state index in [0.29, 0.717) is 5.56 Å². The maximum Gasteiger partial charge on any atom is 0.337 e. The minimum Gasteiger partial charge on any atom is -0.465 e. The van der Waals surface area contributed by atoms with Crippen LogP contribution in [0.4, 0.5) is 0 Å². The van der Waals surface area contributed by atoms with Crippen molar-refractivity contribution in [1.29, 1.82) is 0 Å². The van der Waals surface area contributed by atoms with Crippen LogP contribution < -0.4 is 0 Å². The molecule has 0 bridgehead atoms. The molecule has 1 heterocycles. The standard InChI is InChI=1S/C14H12O3S/c1-9(15)12-7-8-13(18-12)10-3-5-11(6-4-10)14(16)17-2/h3-8H,1-2H3. The second kappa shape index (κ2) is 5.14. The number of carbonyl (C=O) groups excluding carboxylic acids is 2. The fourth-order valence-corrected chi connectivity index (χ4v) is 2.48. The molecule has 18 heavy (non-hydrogen) atoms. The van der Waals surface area contributed by atoms with Crippen molar-refractivity contribution < 1.29 is 14.3 Å². The molecule has 0 aliphatic carbocycles. The number of benzene rings is 1. The van der Waals surface area contributed by atoms with Crippen LogP contribution in [0.5, 0.6) is 0 Å². The van der Waals surface area contributed by atoms with Gasteiger partial charge in [0.05, 0.1) is 17.6 Å². The molecule has 2 aromatic rings. The van der Waals surface area contributed by atoms with Crippen LogP contribution in [0.25, 0.3) is 10.4 Å². The Labute approximate surface area is 109 Å². The number of hydrogen-bond acceptors (Lipinski definition) is 4. The summed E-state index contributed by atoms with van der Waals surface area (Å²) in [6, 6.07) is 10.9. The van der Waals surface area contributed by atoms with Crippen molar-refractivity contribution in [2.24, 2.45) is 0 Å². The number of rotatable bonds is 3. The lowest BCUT2D eigenvalue weighted by Gasteiger charge is -2.00. The highest BCUT2D eigenvalue weighted by Crippen LogP contribution is 2.28. The number of ether oxygens (including phenoxy) is 1. The van der Waals surface area contributed by atoms with Crippen molar-refractivity contribution in [3.8, 4) is 10.4 Å². The Balaban J connectivity index is 2.28. The van der Waals surface area contributed by atoms with Crippen molar-refractivity contribution in [2.45, 2.75) is 6.92 Å². The van der Waals surface area contributed by atoms with Gasteiger partial charge in [0, 0.05) is 4.88 Å². The lowest BCUT2D eigenvalue weighted by molar-refractivity contribution is 0.0600. The first-order valence-corrected chi connectivity index (χ1v) is 6.23. The summed E-state index contributed by atoms with van der Waals surface area (Å²) in [6.07, 6.45) is 0. The van der Waals surface area contributed by atoms with Crippen LogP contribution in [0.15, 0.2) is 36.4 Å². The predicted octanol–water partition coefficient (Wildman–Crippen LogP) is 3.40. The van der Waals surface area contributed by atoms with Crippen LogP contribution >= 0.6 is 11.3 Å². The molecule has 0 N–H and O–H groups in total. The summed E-state index contributed by atoms with van der Waals surface area (Å²) in [5.41, 5.74) is 1.50. The van der Waals surface area contributed by atoms with Crippen LogP contribution in [-0.4, -0.2) is 18.9 Å². The molecule has 0 saturated carbocycles. The van der Waals surface area contributed by atoms with Crippen molar-refractivity contribution in [2.75, 3.05) is 7.11 Å². The van der Waals surface area contributed by atoms with E-state index in [9.17, 15) is 9.59 Å². The first-order valence-electron chi connectivity index (χ1n) is 5.41. The van der Waals surface area contributed by atoms with E-state index in [0.717, 1.165) is 15.3 Å². The smallest absolute Gasteiger partial charge is 0.337 e. The summed E-state index contributed by atoms with van der Waals surface area (Å²) in [5.74, 6) is -0.283. The van der Waals surface area contributed by atoms with Gasteiger partial charge in [-0.2, -0.15) is 0 Å². The van der Waals surface area contributed by atoms with Gasteiger partial charge in [0.2, 0.25) is 0 Å². The van der Waals surface area contributed by atoms with Crippen molar-refractivity contribution in [1.82, 2.24) is 0 Å². The molecular formula is C14H12O3S. The maximum atomic E-state index is 11.3. The van der Waals surface area contributed by atoms with Crippen LogP contribution in [-0.2, 0) is 4.74 Å². The fraction of sp³-hybridized carbons (Fsp3) is 0.143. The Morgan fingerprint density at radius 3 is 2.22 bits per heavy atom. The van der Waals surface area contributed by atoms with E-state index in [-0.39, 0.29) is 11.8 Å². The van der Waals surface area contributed by atoms with Crippen LogP contribution in [0.3, 0.4) is 0 Å². The largest absolute Gasteiger partial charge is 0.465 e. The van der Waals surface area contributed by atoms with E-state index in [4.69, 9.17) is 0 Å². The quantitative estimate of drug-likeness (QED) is 0.627. The summed E-state index contributed by atoms with van der Waals surface area (Å²) in [7, 11) is 1.36. The van der Waals surface area contributed by atoms with E-state index in [1.165, 1.54) is 18.4 Å². The maximum absolute atomic E-state index is 11.3. The van der Waals surface area contributed by atoms with Gasteiger partial charge in [-0.05, 0) is 36.8 Å². The Morgan fingerprint density at radius 1 is 1.06 bits per heavy atom. The lowest BCUT2D eigenvalue weighted by atomic mass is 10.1. The Morgan fingerprint density at radius 2 is 1.72 bits per heavy atom. The number of carbonyl (C=O) groups is 2. The molecule has 0 saturated heterocycles. The zero-order valence-electron chi connectivity index (χ0n) is 10.1. The minimum atomic E-state index is -0.350. The predicted molar refractivity (Wildman–Crippen MR) is 71.1 cm³/mol. The van der Waals surface area contributed by atoms with Gasteiger partial charge in [-0.1, -0.05) is 12.1 Å². The molecule has 3 nitrogen and oxygen atoms in total. The molecule has 1 aromatic heterocycles. The second-order valence-electron chi connectivity index (χ2n) is 3.79. The third kappa shape index (κ3) is 2.49. The van der Waals surface area contributed by atoms with E-state index in [1.807, 2.05) is 24.3 Å². The summed E-state index contributed by atoms with van der Waals surface area (Å²) in [6.45, 7) is 1.55. The molecular weight excluding hydrogens is 248 g/mol. The number of methoxy groups -OCH3 is 1. The molecule has 0 spiro atoms. The molecule has 0 fully saturated rings. The second-order valence-corrected chi connectivity index (χ2v) is 4.87. The Bertz CT molecular complexity index is 581. The summed E-state index contributed by atoms with van der Waals surface area (Å²) >= 11 is 1.45. The van der Waals surface area contributed by atoms with Crippen LogP contribution in [0.2, 0.25) is 0 Å². The number of Topliss-reactive ketones (excluding diaryl/α,β-unsaturated/α-hetero) is 1.